The second kappa shape index (κ2) is 53.8. The van der Waals surface area contributed by atoms with Crippen LogP contribution in [-0.4, -0.2) is 89.2 Å². The molecule has 1 aliphatic heterocycles. The molecule has 450 valence electrons. The van der Waals surface area contributed by atoms with Crippen molar-refractivity contribution in [2.24, 2.45) is 0 Å². The highest BCUT2D eigenvalue weighted by Crippen LogP contribution is 2.27. The number of unbranched alkanes of at least 4 members (excludes halogenated alkanes) is 38. The van der Waals surface area contributed by atoms with Crippen molar-refractivity contribution >= 4 is 23.9 Å². The topological polar surface area (TPSA) is 175 Å². The highest BCUT2D eigenvalue weighted by Gasteiger charge is 2.50. The normalized spacial score (nSPS) is 18.1. The largest absolute Gasteiger partial charge is 0.479 e. The molecule has 12 nitrogen and oxygen atoms in total. The first-order chi connectivity index (χ1) is 37.6. The highest BCUT2D eigenvalue weighted by atomic mass is 16.7. The van der Waals surface area contributed by atoms with E-state index >= 15 is 0 Å². The summed E-state index contributed by atoms with van der Waals surface area (Å²) in [4.78, 5) is 51.2. The minimum Gasteiger partial charge on any atom is -0.479 e. The van der Waals surface area contributed by atoms with E-state index in [0.29, 0.717) is 19.3 Å². The molecule has 0 amide bonds. The van der Waals surface area contributed by atoms with E-state index in [4.69, 9.17) is 23.7 Å². The van der Waals surface area contributed by atoms with E-state index in [9.17, 15) is 34.5 Å². The lowest BCUT2D eigenvalue weighted by atomic mass is 9.98. The molecule has 1 fully saturated rings. The molecule has 1 saturated heterocycles. The lowest BCUT2D eigenvalue weighted by molar-refractivity contribution is -0.301. The summed E-state index contributed by atoms with van der Waals surface area (Å²) in [6.45, 7) is 6.00. The summed E-state index contributed by atoms with van der Waals surface area (Å²) in [5.41, 5.74) is 0. The molecule has 0 radical (unpaired) electrons. The molecule has 0 spiro atoms. The number of carbonyl (C=O) groups excluding carboxylic acids is 3. The molecule has 0 aromatic carbocycles. The molecule has 0 aromatic heterocycles. The van der Waals surface area contributed by atoms with Crippen LogP contribution >= 0.6 is 0 Å². The van der Waals surface area contributed by atoms with E-state index in [0.717, 1.165) is 77.0 Å². The Morgan fingerprint density at radius 2 is 0.779 bits per heavy atom. The van der Waals surface area contributed by atoms with Crippen LogP contribution in [-0.2, 0) is 42.9 Å². The first-order valence-electron chi connectivity index (χ1n) is 32.3. The maximum Gasteiger partial charge on any atom is 0.335 e. The molecule has 0 bridgehead atoms. The quantitative estimate of drug-likeness (QED) is 0.0228. The summed E-state index contributed by atoms with van der Waals surface area (Å²) in [5, 5.41) is 31.6. The number of carboxylic acid groups (broad SMARTS) is 1. The predicted molar refractivity (Wildman–Crippen MR) is 313 cm³/mol. The van der Waals surface area contributed by atoms with E-state index in [1.807, 2.05) is 0 Å². The zero-order valence-corrected chi connectivity index (χ0v) is 49.7. The Morgan fingerprint density at radius 1 is 0.429 bits per heavy atom. The molecular formula is C65H118O12. The summed E-state index contributed by atoms with van der Waals surface area (Å²) in [6.07, 6.45) is 50.0. The molecule has 3 N–H and O–H groups in total. The maximum absolute atomic E-state index is 13.1. The summed E-state index contributed by atoms with van der Waals surface area (Å²) in [6, 6.07) is 0. The van der Waals surface area contributed by atoms with E-state index in [1.165, 1.54) is 180 Å². The SMILES string of the molecule is CCCCC/C=C\C/C=C\CCCCCCCCCC(=O)OCC(COC1OC(C(=O)O)C(O)C(O)C1OC(=O)CCCCCCCCCCCCCCCCCCCCC)OC(=O)CCCCCCCCCCCCC. The number of carbonyl (C=O) groups is 4. The average Bonchev–Trinajstić information content (AvgIpc) is 3.41. The van der Waals surface area contributed by atoms with E-state index in [1.54, 1.807) is 0 Å². The van der Waals surface area contributed by atoms with Gasteiger partial charge in [0.05, 0.1) is 6.61 Å². The van der Waals surface area contributed by atoms with Gasteiger partial charge in [-0.25, -0.2) is 4.79 Å². The molecule has 6 atom stereocenters. The molecule has 1 rings (SSSR count). The van der Waals surface area contributed by atoms with Crippen molar-refractivity contribution in [1.29, 1.82) is 0 Å². The van der Waals surface area contributed by atoms with Crippen molar-refractivity contribution in [2.75, 3.05) is 13.2 Å². The van der Waals surface area contributed by atoms with Gasteiger partial charge in [-0.1, -0.05) is 270 Å². The third-order valence-corrected chi connectivity index (χ3v) is 15.0. The van der Waals surface area contributed by atoms with Crippen LogP contribution < -0.4 is 0 Å². The first kappa shape index (κ1) is 72.2. The number of ether oxygens (including phenoxy) is 5. The molecule has 1 aliphatic rings. The molecule has 0 aliphatic carbocycles. The Kier molecular flexibility index (Phi) is 50.5. The second-order valence-corrected chi connectivity index (χ2v) is 22.4. The van der Waals surface area contributed by atoms with E-state index < -0.39 is 67.3 Å². The van der Waals surface area contributed by atoms with Crippen LogP contribution in [0.15, 0.2) is 24.3 Å². The van der Waals surface area contributed by atoms with Gasteiger partial charge in [0, 0.05) is 19.3 Å². The van der Waals surface area contributed by atoms with Gasteiger partial charge in [-0.15, -0.1) is 0 Å². The predicted octanol–water partition coefficient (Wildman–Crippen LogP) is 17.0. The minimum atomic E-state index is -1.90. The van der Waals surface area contributed by atoms with Gasteiger partial charge in [0.2, 0.25) is 0 Å². The van der Waals surface area contributed by atoms with Crippen molar-refractivity contribution in [3.63, 3.8) is 0 Å². The van der Waals surface area contributed by atoms with Gasteiger partial charge < -0.3 is 39.0 Å². The van der Waals surface area contributed by atoms with Gasteiger partial charge in [0.25, 0.3) is 0 Å². The lowest BCUT2D eigenvalue weighted by Gasteiger charge is -2.40. The molecule has 12 heteroatoms. The third-order valence-electron chi connectivity index (χ3n) is 15.0. The van der Waals surface area contributed by atoms with Gasteiger partial charge >= 0.3 is 23.9 Å². The zero-order valence-electron chi connectivity index (χ0n) is 49.7. The Morgan fingerprint density at radius 3 is 1.19 bits per heavy atom. The number of aliphatic hydroxyl groups is 2. The Bertz CT molecular complexity index is 1430. The number of hydrogen-bond donors (Lipinski definition) is 3. The Hall–Kier alpha value is -2.80. The molecule has 6 unspecified atom stereocenters. The maximum atomic E-state index is 13.1. The smallest absolute Gasteiger partial charge is 0.335 e. The van der Waals surface area contributed by atoms with Crippen LogP contribution in [0.25, 0.3) is 0 Å². The molecule has 0 saturated carbocycles. The van der Waals surface area contributed by atoms with Crippen LogP contribution in [0.1, 0.15) is 316 Å². The highest BCUT2D eigenvalue weighted by molar-refractivity contribution is 5.74. The van der Waals surface area contributed by atoms with E-state index in [-0.39, 0.29) is 25.9 Å². The zero-order chi connectivity index (χ0) is 56.1. The average molecular weight is 1090 g/mol. The number of aliphatic hydroxyl groups excluding tert-OH is 2. The Labute approximate surface area is 470 Å². The van der Waals surface area contributed by atoms with Crippen molar-refractivity contribution in [3.05, 3.63) is 24.3 Å². The van der Waals surface area contributed by atoms with Crippen molar-refractivity contribution in [3.8, 4) is 0 Å². The van der Waals surface area contributed by atoms with Gasteiger partial charge in [-0.2, -0.15) is 0 Å². The summed E-state index contributed by atoms with van der Waals surface area (Å²) in [5.74, 6) is -3.09. The number of aliphatic carboxylic acids is 1. The number of esters is 3. The van der Waals surface area contributed by atoms with Gasteiger partial charge in [-0.3, -0.25) is 14.4 Å². The molecule has 77 heavy (non-hydrogen) atoms. The van der Waals surface area contributed by atoms with Crippen LogP contribution in [0.2, 0.25) is 0 Å². The second-order valence-electron chi connectivity index (χ2n) is 22.4. The molecule has 0 aromatic rings. The van der Waals surface area contributed by atoms with Crippen LogP contribution in [0.3, 0.4) is 0 Å². The van der Waals surface area contributed by atoms with Crippen molar-refractivity contribution < 1.29 is 58.2 Å². The number of allylic oxidation sites excluding steroid dienone is 4. The van der Waals surface area contributed by atoms with E-state index in [2.05, 4.69) is 45.1 Å². The minimum absolute atomic E-state index is 0.0675. The van der Waals surface area contributed by atoms with Crippen LogP contribution in [0.4, 0.5) is 0 Å². The number of hydrogen-bond acceptors (Lipinski definition) is 11. The van der Waals surface area contributed by atoms with Crippen LogP contribution in [0.5, 0.6) is 0 Å². The molecule has 1 heterocycles. The fourth-order valence-electron chi connectivity index (χ4n) is 10.0. The first-order valence-corrected chi connectivity index (χ1v) is 32.3. The Balaban J connectivity index is 2.61. The fourth-order valence-corrected chi connectivity index (χ4v) is 10.0. The lowest BCUT2D eigenvalue weighted by Crippen LogP contribution is -2.61. The number of rotatable bonds is 56. The van der Waals surface area contributed by atoms with Gasteiger partial charge in [-0.05, 0) is 51.4 Å². The summed E-state index contributed by atoms with van der Waals surface area (Å²) < 4.78 is 28.5. The summed E-state index contributed by atoms with van der Waals surface area (Å²) >= 11 is 0. The standard InChI is InChI=1S/C65H118O12/c1-4-7-10-13-16-19-22-24-26-28-29-31-33-35-38-41-44-47-50-53-59(68)76-63-61(70)60(69)62(64(71)72)77-65(63)74-55-56(75-58(67)52-49-46-43-40-36-21-18-15-12-9-6-3)54-73-57(66)51-48-45-42-39-37-34-32-30-27-25-23-20-17-14-11-8-5-2/h17,20,25,27,56,60-63,65,69-70H,4-16,18-19,21-24,26,28-55H2,1-3H3,(H,71,72)/b20-17-,27-25-. The van der Waals surface area contributed by atoms with Crippen molar-refractivity contribution in [1.82, 2.24) is 0 Å². The third kappa shape index (κ3) is 43.7. The van der Waals surface area contributed by atoms with Gasteiger partial charge in [0.1, 0.15) is 18.8 Å². The monoisotopic (exact) mass is 1090 g/mol. The van der Waals surface area contributed by atoms with Crippen molar-refractivity contribution in [2.45, 2.75) is 353 Å². The number of carboxylic acids is 1. The van der Waals surface area contributed by atoms with Crippen LogP contribution in [0, 0.1) is 0 Å². The molecular weight excluding hydrogens is 973 g/mol. The van der Waals surface area contributed by atoms with Gasteiger partial charge in [0.15, 0.2) is 24.6 Å². The summed E-state index contributed by atoms with van der Waals surface area (Å²) in [7, 11) is 0. The fraction of sp³-hybridized carbons (Fsp3) is 0.877.